The van der Waals surface area contributed by atoms with Crippen LogP contribution in [0.15, 0.2) is 28.7 Å². The molecule has 19 heavy (non-hydrogen) atoms. The lowest BCUT2D eigenvalue weighted by atomic mass is 10.3. The molecule has 2 aromatic rings. The standard InChI is InChI=1S/C15H17N3O/c1-2-3-8-17-9-11-18(12-10-17)15-16-13-6-4-5-7-14(13)19-15/h1,4-7H,3,8-12H2. The molecule has 0 aliphatic carbocycles. The molecule has 0 N–H and O–H groups in total. The largest absolute Gasteiger partial charge is 0.423 e. The molecule has 0 amide bonds. The van der Waals surface area contributed by atoms with Gasteiger partial charge < -0.3 is 9.32 Å². The van der Waals surface area contributed by atoms with Crippen LogP contribution < -0.4 is 4.90 Å². The van der Waals surface area contributed by atoms with Crippen molar-refractivity contribution in [1.29, 1.82) is 0 Å². The van der Waals surface area contributed by atoms with E-state index in [1.54, 1.807) is 0 Å². The molecule has 0 saturated carbocycles. The highest BCUT2D eigenvalue weighted by atomic mass is 16.4. The predicted molar refractivity (Wildman–Crippen MR) is 76.1 cm³/mol. The minimum Gasteiger partial charge on any atom is -0.423 e. The van der Waals surface area contributed by atoms with Gasteiger partial charge in [0.2, 0.25) is 0 Å². The van der Waals surface area contributed by atoms with Gasteiger partial charge in [-0.3, -0.25) is 4.90 Å². The van der Waals surface area contributed by atoms with E-state index in [2.05, 4.69) is 20.7 Å². The summed E-state index contributed by atoms with van der Waals surface area (Å²) in [5.41, 5.74) is 1.78. The van der Waals surface area contributed by atoms with Gasteiger partial charge in [0.25, 0.3) is 6.01 Å². The molecule has 98 valence electrons. The van der Waals surface area contributed by atoms with Crippen LogP contribution in [0.4, 0.5) is 6.01 Å². The van der Waals surface area contributed by atoms with Crippen LogP contribution in [0, 0.1) is 12.3 Å². The van der Waals surface area contributed by atoms with E-state index in [0.717, 1.165) is 56.3 Å². The number of terminal acetylenes is 1. The fourth-order valence-electron chi connectivity index (χ4n) is 2.38. The van der Waals surface area contributed by atoms with Gasteiger partial charge in [0.15, 0.2) is 5.58 Å². The zero-order valence-corrected chi connectivity index (χ0v) is 10.9. The van der Waals surface area contributed by atoms with Gasteiger partial charge in [0.05, 0.1) is 0 Å². The smallest absolute Gasteiger partial charge is 0.298 e. The van der Waals surface area contributed by atoms with Crippen molar-refractivity contribution in [2.75, 3.05) is 37.6 Å². The van der Waals surface area contributed by atoms with E-state index in [1.807, 2.05) is 24.3 Å². The van der Waals surface area contributed by atoms with E-state index in [9.17, 15) is 0 Å². The van der Waals surface area contributed by atoms with Crippen molar-refractivity contribution in [3.8, 4) is 12.3 Å². The zero-order valence-electron chi connectivity index (χ0n) is 10.9. The van der Waals surface area contributed by atoms with Gasteiger partial charge in [-0.2, -0.15) is 4.98 Å². The first-order valence-corrected chi connectivity index (χ1v) is 6.63. The van der Waals surface area contributed by atoms with Gasteiger partial charge in [-0.25, -0.2) is 0 Å². The Morgan fingerprint density at radius 1 is 1.21 bits per heavy atom. The molecular formula is C15H17N3O. The normalized spacial score (nSPS) is 16.7. The first-order chi connectivity index (χ1) is 9.36. The third-order valence-electron chi connectivity index (χ3n) is 3.50. The van der Waals surface area contributed by atoms with Gasteiger partial charge in [-0.15, -0.1) is 12.3 Å². The number of para-hydroxylation sites is 2. The van der Waals surface area contributed by atoms with Crippen molar-refractivity contribution in [3.63, 3.8) is 0 Å². The van der Waals surface area contributed by atoms with Gasteiger partial charge >= 0.3 is 0 Å². The van der Waals surface area contributed by atoms with Crippen LogP contribution in [0.2, 0.25) is 0 Å². The van der Waals surface area contributed by atoms with E-state index >= 15 is 0 Å². The summed E-state index contributed by atoms with van der Waals surface area (Å²) in [6.45, 7) is 4.90. The number of hydrogen-bond donors (Lipinski definition) is 0. The third kappa shape index (κ3) is 2.56. The third-order valence-corrected chi connectivity index (χ3v) is 3.50. The highest BCUT2D eigenvalue weighted by molar-refractivity contribution is 5.74. The summed E-state index contributed by atoms with van der Waals surface area (Å²) in [7, 11) is 0. The molecule has 4 heteroatoms. The number of fused-ring (bicyclic) bond motifs is 1. The molecule has 4 nitrogen and oxygen atoms in total. The Hall–Kier alpha value is -1.99. The Balaban J connectivity index is 1.66. The quantitative estimate of drug-likeness (QED) is 0.785. The fraction of sp³-hybridized carbons (Fsp3) is 0.400. The van der Waals surface area contributed by atoms with E-state index in [0.29, 0.717) is 0 Å². The van der Waals surface area contributed by atoms with Gasteiger partial charge in [-0.05, 0) is 12.1 Å². The number of hydrogen-bond acceptors (Lipinski definition) is 4. The predicted octanol–water partition coefficient (Wildman–Crippen LogP) is 1.97. The van der Waals surface area contributed by atoms with Crippen LogP contribution in [0.25, 0.3) is 11.1 Å². The number of nitrogens with zero attached hydrogens (tertiary/aromatic N) is 3. The summed E-state index contributed by atoms with van der Waals surface area (Å²) in [5.74, 6) is 2.69. The number of anilines is 1. The summed E-state index contributed by atoms with van der Waals surface area (Å²) in [6.07, 6.45) is 6.12. The fourth-order valence-corrected chi connectivity index (χ4v) is 2.38. The molecule has 1 saturated heterocycles. The molecule has 0 radical (unpaired) electrons. The maximum Gasteiger partial charge on any atom is 0.298 e. The molecule has 1 aliphatic heterocycles. The van der Waals surface area contributed by atoms with Crippen molar-refractivity contribution in [2.24, 2.45) is 0 Å². The number of oxazole rings is 1. The molecule has 1 aromatic heterocycles. The molecule has 1 aromatic carbocycles. The van der Waals surface area contributed by atoms with Crippen LogP contribution in [-0.2, 0) is 0 Å². The Kier molecular flexibility index (Phi) is 3.39. The zero-order chi connectivity index (χ0) is 13.1. The van der Waals surface area contributed by atoms with Gasteiger partial charge in [-0.1, -0.05) is 12.1 Å². The summed E-state index contributed by atoms with van der Waals surface area (Å²) in [5, 5.41) is 0. The van der Waals surface area contributed by atoms with Gasteiger partial charge in [0.1, 0.15) is 5.52 Å². The lowest BCUT2D eigenvalue weighted by Gasteiger charge is -2.33. The maximum absolute atomic E-state index is 5.79. The summed E-state index contributed by atoms with van der Waals surface area (Å²) in [4.78, 5) is 9.12. The van der Waals surface area contributed by atoms with E-state index in [-0.39, 0.29) is 0 Å². The molecule has 3 rings (SSSR count). The Morgan fingerprint density at radius 3 is 2.74 bits per heavy atom. The highest BCUT2D eigenvalue weighted by Gasteiger charge is 2.20. The van der Waals surface area contributed by atoms with Crippen molar-refractivity contribution in [3.05, 3.63) is 24.3 Å². The Labute approximate surface area is 113 Å². The van der Waals surface area contributed by atoms with E-state index in [4.69, 9.17) is 10.8 Å². The molecule has 0 bridgehead atoms. The maximum atomic E-state index is 5.79. The average molecular weight is 255 g/mol. The lowest BCUT2D eigenvalue weighted by molar-refractivity contribution is 0.259. The van der Waals surface area contributed by atoms with Crippen molar-refractivity contribution in [1.82, 2.24) is 9.88 Å². The van der Waals surface area contributed by atoms with Crippen LogP contribution >= 0.6 is 0 Å². The minimum atomic E-state index is 0.734. The Bertz CT molecular complexity index is 558. The molecule has 0 atom stereocenters. The molecule has 0 unspecified atom stereocenters. The molecular weight excluding hydrogens is 238 g/mol. The lowest BCUT2D eigenvalue weighted by Crippen LogP contribution is -2.46. The second kappa shape index (κ2) is 5.33. The summed E-state index contributed by atoms with van der Waals surface area (Å²) in [6, 6.07) is 8.61. The van der Waals surface area contributed by atoms with Crippen molar-refractivity contribution < 1.29 is 4.42 Å². The summed E-state index contributed by atoms with van der Waals surface area (Å²) < 4.78 is 5.79. The SMILES string of the molecule is C#CCCN1CCN(c2nc3ccccc3o2)CC1. The second-order valence-electron chi connectivity index (χ2n) is 4.75. The van der Waals surface area contributed by atoms with Crippen molar-refractivity contribution in [2.45, 2.75) is 6.42 Å². The molecule has 2 heterocycles. The van der Waals surface area contributed by atoms with Crippen LogP contribution in [0.5, 0.6) is 0 Å². The number of aromatic nitrogens is 1. The highest BCUT2D eigenvalue weighted by Crippen LogP contribution is 2.22. The topological polar surface area (TPSA) is 32.5 Å². The first-order valence-electron chi connectivity index (χ1n) is 6.63. The van der Waals surface area contributed by atoms with E-state index < -0.39 is 0 Å². The van der Waals surface area contributed by atoms with Crippen LogP contribution in [0.3, 0.4) is 0 Å². The molecule has 0 spiro atoms. The first kappa shape index (κ1) is 12.1. The van der Waals surface area contributed by atoms with Gasteiger partial charge in [0, 0.05) is 39.1 Å². The monoisotopic (exact) mass is 255 g/mol. The minimum absolute atomic E-state index is 0.734. The molecule has 1 fully saturated rings. The average Bonchev–Trinajstić information content (AvgIpc) is 2.89. The number of benzene rings is 1. The Morgan fingerprint density at radius 2 is 2.00 bits per heavy atom. The molecule has 1 aliphatic rings. The number of piperazine rings is 1. The van der Waals surface area contributed by atoms with Crippen LogP contribution in [0.1, 0.15) is 6.42 Å². The van der Waals surface area contributed by atoms with E-state index in [1.165, 1.54) is 0 Å². The second-order valence-corrected chi connectivity index (χ2v) is 4.75. The van der Waals surface area contributed by atoms with Crippen molar-refractivity contribution >= 4 is 17.1 Å². The number of rotatable bonds is 3. The summed E-state index contributed by atoms with van der Waals surface area (Å²) >= 11 is 0. The van der Waals surface area contributed by atoms with Crippen LogP contribution in [-0.4, -0.2) is 42.6 Å².